The van der Waals surface area contributed by atoms with Crippen LogP contribution in [0.3, 0.4) is 0 Å². The Labute approximate surface area is 124 Å². The van der Waals surface area contributed by atoms with Crippen molar-refractivity contribution in [3.8, 4) is 0 Å². The van der Waals surface area contributed by atoms with Crippen molar-refractivity contribution in [1.29, 1.82) is 0 Å². The van der Waals surface area contributed by atoms with Crippen LogP contribution in [-0.2, 0) is 14.9 Å². The Morgan fingerprint density at radius 1 is 1.29 bits per heavy atom. The first-order valence-corrected chi connectivity index (χ1v) is 6.71. The average Bonchev–Trinajstić information content (AvgIpc) is 2.38. The summed E-state index contributed by atoms with van der Waals surface area (Å²) in [5.74, 6) is 6.96. The molecule has 118 valence electrons. The van der Waals surface area contributed by atoms with E-state index in [4.69, 9.17) is 16.3 Å². The van der Waals surface area contributed by atoms with Gasteiger partial charge in [-0.2, -0.15) is 0 Å². The minimum Gasteiger partial charge on any atom is -0.370 e. The third-order valence-corrected chi connectivity index (χ3v) is 2.74. The minimum atomic E-state index is -0.488. The molecule has 1 rings (SSSR count). The molecule has 0 saturated carbocycles. The van der Waals surface area contributed by atoms with Gasteiger partial charge in [0.05, 0.1) is 6.61 Å². The Morgan fingerprint density at radius 3 is 2.43 bits per heavy atom. The van der Waals surface area contributed by atoms with E-state index in [2.05, 4.69) is 20.7 Å². The summed E-state index contributed by atoms with van der Waals surface area (Å²) >= 11 is 0. The number of amides is 1. The number of hydrogen-bond acceptors (Lipinski definition) is 7. The lowest BCUT2D eigenvalue weighted by Crippen LogP contribution is -2.23. The predicted octanol–water partition coefficient (Wildman–Crippen LogP) is 0.282. The van der Waals surface area contributed by atoms with Crippen LogP contribution in [0.4, 0.5) is 11.6 Å². The number of aromatic nitrogens is 2. The van der Waals surface area contributed by atoms with E-state index in [0.29, 0.717) is 30.6 Å². The molecule has 0 aliphatic rings. The Hall–Kier alpha value is -1.93. The zero-order valence-electron chi connectivity index (χ0n) is 13.0. The zero-order valence-corrected chi connectivity index (χ0v) is 13.0. The summed E-state index contributed by atoms with van der Waals surface area (Å²) in [6, 6.07) is 0. The highest BCUT2D eigenvalue weighted by Gasteiger charge is 2.20. The summed E-state index contributed by atoms with van der Waals surface area (Å²) in [4.78, 5) is 19.5. The number of carbonyl (C=O) groups is 1. The second-order valence-electron chi connectivity index (χ2n) is 5.71. The number of nitrogens with zero attached hydrogens (tertiary/aromatic N) is 2. The van der Waals surface area contributed by atoms with Gasteiger partial charge in [-0.1, -0.05) is 20.8 Å². The summed E-state index contributed by atoms with van der Waals surface area (Å²) in [5, 5.41) is 3.15. The molecule has 1 aromatic heterocycles. The molecule has 0 saturated heterocycles. The second kappa shape index (κ2) is 7.19. The molecule has 0 unspecified atom stereocenters. The normalized spacial score (nSPS) is 11.3. The number of nitrogens with one attached hydrogen (secondary N) is 2. The fourth-order valence-electron chi connectivity index (χ4n) is 1.58. The van der Waals surface area contributed by atoms with Crippen LogP contribution in [0.2, 0.25) is 0 Å². The molecular weight excluding hydrogens is 272 g/mol. The van der Waals surface area contributed by atoms with Crippen molar-refractivity contribution in [3.05, 3.63) is 11.4 Å². The largest absolute Gasteiger partial charge is 0.370 e. The van der Waals surface area contributed by atoms with Gasteiger partial charge in [-0.15, -0.1) is 0 Å². The molecule has 0 spiro atoms. The molecule has 0 radical (unpaired) electrons. The summed E-state index contributed by atoms with van der Waals surface area (Å²) in [7, 11) is 0. The molecule has 0 aliphatic carbocycles. The van der Waals surface area contributed by atoms with Gasteiger partial charge in [-0.25, -0.2) is 15.8 Å². The Morgan fingerprint density at radius 2 is 1.90 bits per heavy atom. The van der Waals surface area contributed by atoms with Crippen molar-refractivity contribution < 1.29 is 9.53 Å². The van der Waals surface area contributed by atoms with Crippen LogP contribution >= 0.6 is 0 Å². The molecule has 1 amide bonds. The fraction of sp³-hybridized carbons (Fsp3) is 0.615. The highest BCUT2D eigenvalue weighted by atomic mass is 16.5. The zero-order chi connectivity index (χ0) is 16.0. The molecule has 6 N–H and O–H groups in total. The van der Waals surface area contributed by atoms with Crippen molar-refractivity contribution in [1.82, 2.24) is 9.97 Å². The first kappa shape index (κ1) is 17.1. The standard InChI is InChI=1S/C13H24N6O2/c1-8-10(16-5-6-21-7-9(14)20)17-12(13(2,3)4)18-11(8)19-15/h5-7,15H2,1-4H3,(H2,14,20)(H2,16,17,18,19). The van der Waals surface area contributed by atoms with E-state index in [1.165, 1.54) is 0 Å². The molecule has 21 heavy (non-hydrogen) atoms. The number of hydrogen-bond donors (Lipinski definition) is 4. The SMILES string of the molecule is Cc1c(NN)nc(C(C)(C)C)nc1NCCOCC(N)=O. The van der Waals surface area contributed by atoms with Gasteiger partial charge in [0, 0.05) is 17.5 Å². The van der Waals surface area contributed by atoms with Crippen LogP contribution < -0.4 is 22.3 Å². The van der Waals surface area contributed by atoms with Gasteiger partial charge in [0.1, 0.15) is 24.1 Å². The van der Waals surface area contributed by atoms with Crippen molar-refractivity contribution in [2.24, 2.45) is 11.6 Å². The van der Waals surface area contributed by atoms with Crippen molar-refractivity contribution in [3.63, 3.8) is 0 Å². The minimum absolute atomic E-state index is 0.0900. The quantitative estimate of drug-likeness (QED) is 0.323. The smallest absolute Gasteiger partial charge is 0.243 e. The lowest BCUT2D eigenvalue weighted by molar-refractivity contribution is -0.122. The molecule has 8 nitrogen and oxygen atoms in total. The Kier molecular flexibility index (Phi) is 5.86. The summed E-state index contributed by atoms with van der Waals surface area (Å²) < 4.78 is 5.09. The fourth-order valence-corrected chi connectivity index (χ4v) is 1.58. The van der Waals surface area contributed by atoms with E-state index in [1.54, 1.807) is 0 Å². The van der Waals surface area contributed by atoms with E-state index < -0.39 is 5.91 Å². The van der Waals surface area contributed by atoms with E-state index in [0.717, 1.165) is 5.56 Å². The number of nitrogen functional groups attached to an aromatic ring is 1. The third kappa shape index (κ3) is 5.16. The lowest BCUT2D eigenvalue weighted by Gasteiger charge is -2.20. The van der Waals surface area contributed by atoms with Crippen molar-refractivity contribution in [2.45, 2.75) is 33.1 Å². The first-order chi connectivity index (χ1) is 9.75. The number of primary amides is 1. The van der Waals surface area contributed by atoms with E-state index in [-0.39, 0.29) is 12.0 Å². The van der Waals surface area contributed by atoms with Crippen molar-refractivity contribution in [2.75, 3.05) is 30.5 Å². The topological polar surface area (TPSA) is 128 Å². The van der Waals surface area contributed by atoms with Crippen LogP contribution in [0.1, 0.15) is 32.2 Å². The maximum atomic E-state index is 10.6. The number of rotatable bonds is 7. The number of anilines is 2. The van der Waals surface area contributed by atoms with Crippen LogP contribution in [0, 0.1) is 6.92 Å². The Bertz CT molecular complexity index is 498. The third-order valence-electron chi connectivity index (χ3n) is 2.74. The highest BCUT2D eigenvalue weighted by molar-refractivity contribution is 5.74. The number of hydrazine groups is 1. The van der Waals surface area contributed by atoms with Crippen molar-refractivity contribution >= 4 is 17.5 Å². The molecule has 0 bridgehead atoms. The molecule has 0 aliphatic heterocycles. The molecule has 1 aromatic rings. The van der Waals surface area contributed by atoms with E-state index >= 15 is 0 Å². The second-order valence-corrected chi connectivity index (χ2v) is 5.71. The van der Waals surface area contributed by atoms with Crippen LogP contribution in [0.25, 0.3) is 0 Å². The number of nitrogens with two attached hydrogens (primary N) is 2. The maximum absolute atomic E-state index is 10.6. The molecule has 0 fully saturated rings. The van der Waals surface area contributed by atoms with Gasteiger partial charge in [-0.3, -0.25) is 4.79 Å². The predicted molar refractivity (Wildman–Crippen MR) is 81.8 cm³/mol. The van der Waals surface area contributed by atoms with Crippen LogP contribution in [0.15, 0.2) is 0 Å². The molecule has 0 atom stereocenters. The van der Waals surface area contributed by atoms with E-state index in [9.17, 15) is 4.79 Å². The van der Waals surface area contributed by atoms with Crippen LogP contribution in [0.5, 0.6) is 0 Å². The van der Waals surface area contributed by atoms with Gasteiger partial charge >= 0.3 is 0 Å². The summed E-state index contributed by atoms with van der Waals surface area (Å²) in [5.41, 5.74) is 8.19. The monoisotopic (exact) mass is 296 g/mol. The van der Waals surface area contributed by atoms with Gasteiger partial charge in [0.25, 0.3) is 0 Å². The molecule has 1 heterocycles. The van der Waals surface area contributed by atoms with Gasteiger partial charge in [0.15, 0.2) is 0 Å². The summed E-state index contributed by atoms with van der Waals surface area (Å²) in [6.07, 6.45) is 0. The van der Waals surface area contributed by atoms with E-state index in [1.807, 2.05) is 27.7 Å². The summed E-state index contributed by atoms with van der Waals surface area (Å²) in [6.45, 7) is 8.70. The van der Waals surface area contributed by atoms with Gasteiger partial charge in [-0.05, 0) is 6.92 Å². The Balaban J connectivity index is 2.78. The average molecular weight is 296 g/mol. The van der Waals surface area contributed by atoms with Crippen LogP contribution in [-0.4, -0.2) is 35.6 Å². The first-order valence-electron chi connectivity index (χ1n) is 6.71. The molecule has 8 heteroatoms. The maximum Gasteiger partial charge on any atom is 0.243 e. The number of carbonyl (C=O) groups excluding carboxylic acids is 1. The molecular formula is C13H24N6O2. The van der Waals surface area contributed by atoms with Gasteiger partial charge in [0.2, 0.25) is 5.91 Å². The van der Waals surface area contributed by atoms with Gasteiger partial charge < -0.3 is 21.2 Å². The molecule has 0 aromatic carbocycles. The highest BCUT2D eigenvalue weighted by Crippen LogP contribution is 2.25. The number of ether oxygens (including phenoxy) is 1. The lowest BCUT2D eigenvalue weighted by atomic mass is 9.95.